The molecule has 0 fully saturated rings. The molecule has 0 saturated heterocycles. The number of aromatic nitrogens is 4. The molecule has 0 saturated carbocycles. The summed E-state index contributed by atoms with van der Waals surface area (Å²) in [6, 6.07) is 14.4. The van der Waals surface area contributed by atoms with E-state index in [-0.39, 0.29) is 0 Å². The van der Waals surface area contributed by atoms with Crippen molar-refractivity contribution in [2.45, 2.75) is 20.4 Å². The molecule has 140 valence electrons. The van der Waals surface area contributed by atoms with E-state index in [0.717, 1.165) is 51.8 Å². The van der Waals surface area contributed by atoms with Gasteiger partial charge in [0.1, 0.15) is 11.6 Å². The van der Waals surface area contributed by atoms with Crippen molar-refractivity contribution >= 4 is 0 Å². The van der Waals surface area contributed by atoms with Crippen molar-refractivity contribution < 1.29 is 4.74 Å². The van der Waals surface area contributed by atoms with E-state index >= 15 is 0 Å². The summed E-state index contributed by atoms with van der Waals surface area (Å²) in [6.07, 6.45) is 7.49. The Morgan fingerprint density at radius 3 is 2.50 bits per heavy atom. The van der Waals surface area contributed by atoms with Crippen LogP contribution in [0.2, 0.25) is 0 Å². The Balaban J connectivity index is 1.77. The number of hydrogen-bond acceptors (Lipinski definition) is 4. The van der Waals surface area contributed by atoms with Crippen LogP contribution in [-0.2, 0) is 6.54 Å². The summed E-state index contributed by atoms with van der Waals surface area (Å²) in [4.78, 5) is 13.3. The Labute approximate surface area is 164 Å². The Hall–Kier alpha value is -3.47. The van der Waals surface area contributed by atoms with Crippen LogP contribution in [0.5, 0.6) is 5.75 Å². The fourth-order valence-electron chi connectivity index (χ4n) is 3.45. The fourth-order valence-corrected chi connectivity index (χ4v) is 3.45. The summed E-state index contributed by atoms with van der Waals surface area (Å²) < 4.78 is 7.75. The largest absolute Gasteiger partial charge is 0.496 e. The number of aryl methyl sites for hydroxylation is 2. The monoisotopic (exact) mass is 370 g/mol. The molecule has 3 heterocycles. The Morgan fingerprint density at radius 2 is 1.79 bits per heavy atom. The molecule has 0 unspecified atom stereocenters. The van der Waals surface area contributed by atoms with Gasteiger partial charge in [-0.15, -0.1) is 0 Å². The zero-order chi connectivity index (χ0) is 19.5. The van der Waals surface area contributed by atoms with Crippen molar-refractivity contribution in [1.29, 1.82) is 0 Å². The lowest BCUT2D eigenvalue weighted by molar-refractivity contribution is 0.416. The van der Waals surface area contributed by atoms with Gasteiger partial charge >= 0.3 is 0 Å². The van der Waals surface area contributed by atoms with Gasteiger partial charge in [-0.3, -0.25) is 9.97 Å². The smallest absolute Gasteiger partial charge is 0.140 e. The van der Waals surface area contributed by atoms with E-state index in [1.165, 1.54) is 0 Å². The van der Waals surface area contributed by atoms with E-state index in [2.05, 4.69) is 43.8 Å². The minimum Gasteiger partial charge on any atom is -0.496 e. The molecule has 0 atom stereocenters. The quantitative estimate of drug-likeness (QED) is 0.512. The molecule has 0 amide bonds. The maximum absolute atomic E-state index is 5.62. The molecule has 1 aromatic carbocycles. The molecule has 0 aliphatic rings. The number of benzene rings is 1. The van der Waals surface area contributed by atoms with Gasteiger partial charge < -0.3 is 9.30 Å². The molecule has 0 aliphatic heterocycles. The van der Waals surface area contributed by atoms with Gasteiger partial charge in [0, 0.05) is 47.3 Å². The Bertz CT molecular complexity index is 1080. The van der Waals surface area contributed by atoms with Crippen molar-refractivity contribution in [3.05, 3.63) is 84.2 Å². The van der Waals surface area contributed by atoms with Crippen molar-refractivity contribution in [3.8, 4) is 28.3 Å². The van der Waals surface area contributed by atoms with E-state index < -0.39 is 0 Å². The van der Waals surface area contributed by atoms with Gasteiger partial charge in [-0.25, -0.2) is 4.98 Å². The third-order valence-corrected chi connectivity index (χ3v) is 4.64. The number of methoxy groups -OCH3 is 1. The van der Waals surface area contributed by atoms with Crippen LogP contribution >= 0.6 is 0 Å². The highest BCUT2D eigenvalue weighted by atomic mass is 16.5. The molecule has 0 bridgehead atoms. The van der Waals surface area contributed by atoms with Crippen LogP contribution in [0, 0.1) is 13.8 Å². The lowest BCUT2D eigenvalue weighted by Crippen LogP contribution is -2.02. The van der Waals surface area contributed by atoms with Crippen LogP contribution < -0.4 is 4.74 Å². The second-order valence-corrected chi connectivity index (χ2v) is 6.79. The first-order valence-electron chi connectivity index (χ1n) is 9.18. The van der Waals surface area contributed by atoms with Gasteiger partial charge in [0.25, 0.3) is 0 Å². The summed E-state index contributed by atoms with van der Waals surface area (Å²) in [5, 5.41) is 0. The van der Waals surface area contributed by atoms with E-state index in [0.29, 0.717) is 0 Å². The number of pyridine rings is 2. The second kappa shape index (κ2) is 7.64. The van der Waals surface area contributed by atoms with Gasteiger partial charge in [-0.2, -0.15) is 0 Å². The fraction of sp³-hybridized carbons (Fsp3) is 0.174. The highest BCUT2D eigenvalue weighted by Crippen LogP contribution is 2.34. The average Bonchev–Trinajstić information content (AvgIpc) is 3.15. The predicted molar refractivity (Wildman–Crippen MR) is 110 cm³/mol. The van der Waals surface area contributed by atoms with E-state index in [1.54, 1.807) is 13.3 Å². The molecule has 3 aromatic heterocycles. The molecule has 0 aliphatic carbocycles. The summed E-state index contributed by atoms with van der Waals surface area (Å²) >= 11 is 0. The topological polar surface area (TPSA) is 52.8 Å². The zero-order valence-corrected chi connectivity index (χ0v) is 16.3. The number of imidazole rings is 1. The third-order valence-electron chi connectivity index (χ3n) is 4.64. The molecule has 0 radical (unpaired) electrons. The maximum Gasteiger partial charge on any atom is 0.140 e. The van der Waals surface area contributed by atoms with Crippen LogP contribution in [0.15, 0.2) is 67.3 Å². The van der Waals surface area contributed by atoms with Crippen molar-refractivity contribution in [2.75, 3.05) is 7.11 Å². The van der Waals surface area contributed by atoms with Crippen LogP contribution in [0.25, 0.3) is 22.5 Å². The maximum atomic E-state index is 5.62. The second-order valence-electron chi connectivity index (χ2n) is 6.79. The summed E-state index contributed by atoms with van der Waals surface area (Å²) in [6.45, 7) is 4.73. The lowest BCUT2D eigenvalue weighted by Gasteiger charge is -2.13. The van der Waals surface area contributed by atoms with E-state index in [1.807, 2.05) is 50.6 Å². The van der Waals surface area contributed by atoms with Crippen LogP contribution in [-0.4, -0.2) is 26.6 Å². The third kappa shape index (κ3) is 3.64. The predicted octanol–water partition coefficient (Wildman–Crippen LogP) is 4.68. The van der Waals surface area contributed by atoms with Crippen molar-refractivity contribution in [3.63, 3.8) is 0 Å². The Kier molecular flexibility index (Phi) is 4.89. The summed E-state index contributed by atoms with van der Waals surface area (Å²) in [7, 11) is 1.70. The number of rotatable bonds is 5. The van der Waals surface area contributed by atoms with Gasteiger partial charge in [0.2, 0.25) is 0 Å². The van der Waals surface area contributed by atoms with Crippen molar-refractivity contribution in [1.82, 2.24) is 19.5 Å². The molecule has 28 heavy (non-hydrogen) atoms. The van der Waals surface area contributed by atoms with E-state index in [9.17, 15) is 0 Å². The SMILES string of the molecule is COc1ccc(-c2nccn2Cc2cccnc2)cc1-c1cc(C)nc(C)c1. The molecule has 5 nitrogen and oxygen atoms in total. The zero-order valence-electron chi connectivity index (χ0n) is 16.3. The highest BCUT2D eigenvalue weighted by Gasteiger charge is 2.13. The van der Waals surface area contributed by atoms with Gasteiger partial charge in [-0.05, 0) is 61.4 Å². The highest BCUT2D eigenvalue weighted by molar-refractivity contribution is 5.76. The molecule has 5 heteroatoms. The molecule has 4 rings (SSSR count). The normalized spacial score (nSPS) is 10.8. The number of nitrogens with zero attached hydrogens (tertiary/aromatic N) is 4. The molecule has 0 N–H and O–H groups in total. The van der Waals surface area contributed by atoms with Gasteiger partial charge in [-0.1, -0.05) is 6.07 Å². The average molecular weight is 370 g/mol. The van der Waals surface area contributed by atoms with Crippen molar-refractivity contribution in [2.24, 2.45) is 0 Å². The van der Waals surface area contributed by atoms with E-state index in [4.69, 9.17) is 4.74 Å². The number of ether oxygens (including phenoxy) is 1. The molecular formula is C23H22N4O. The van der Waals surface area contributed by atoms with Crippen LogP contribution in [0.1, 0.15) is 17.0 Å². The molecular weight excluding hydrogens is 348 g/mol. The summed E-state index contributed by atoms with van der Waals surface area (Å²) in [5.41, 5.74) is 6.27. The minimum absolute atomic E-state index is 0.720. The first-order valence-corrected chi connectivity index (χ1v) is 9.18. The lowest BCUT2D eigenvalue weighted by atomic mass is 10.0. The first kappa shape index (κ1) is 17.9. The van der Waals surface area contributed by atoms with Gasteiger partial charge in [0.15, 0.2) is 0 Å². The Morgan fingerprint density at radius 1 is 0.964 bits per heavy atom. The molecule has 4 aromatic rings. The molecule has 0 spiro atoms. The standard InChI is InChI=1S/C23H22N4O/c1-16-11-20(12-17(2)26-16)21-13-19(6-7-22(21)28-3)23-25-9-10-27(23)15-18-5-4-8-24-14-18/h4-14H,15H2,1-3H3. The summed E-state index contributed by atoms with van der Waals surface area (Å²) in [5.74, 6) is 1.74. The first-order chi connectivity index (χ1) is 13.6. The van der Waals surface area contributed by atoms with Gasteiger partial charge in [0.05, 0.1) is 13.7 Å². The minimum atomic E-state index is 0.720. The van der Waals surface area contributed by atoms with Crippen LogP contribution in [0.4, 0.5) is 0 Å². The number of hydrogen-bond donors (Lipinski definition) is 0. The van der Waals surface area contributed by atoms with Crippen LogP contribution in [0.3, 0.4) is 0 Å².